The average Bonchev–Trinajstić information content (AvgIpc) is 2.44. The molecule has 0 aliphatic heterocycles. The zero-order valence-electron chi connectivity index (χ0n) is 12.3. The average molecular weight is 350 g/mol. The van der Waals surface area contributed by atoms with Gasteiger partial charge in [-0.25, -0.2) is 13.6 Å². The van der Waals surface area contributed by atoms with E-state index in [4.69, 9.17) is 9.88 Å². The molecule has 0 saturated heterocycles. The summed E-state index contributed by atoms with van der Waals surface area (Å²) < 4.78 is 57.1. The number of nitrogens with two attached hydrogens (primary N) is 1. The van der Waals surface area contributed by atoms with Crippen molar-refractivity contribution in [2.45, 2.75) is 24.8 Å². The number of ether oxygens (including phenoxy) is 1. The van der Waals surface area contributed by atoms with Crippen LogP contribution in [0.1, 0.15) is 13.8 Å². The van der Waals surface area contributed by atoms with Crippen molar-refractivity contribution in [2.24, 2.45) is 5.14 Å². The summed E-state index contributed by atoms with van der Waals surface area (Å²) in [6, 6.07) is 4.53. The van der Waals surface area contributed by atoms with Crippen LogP contribution in [0.2, 0.25) is 0 Å². The van der Waals surface area contributed by atoms with Crippen LogP contribution < -0.4 is 9.88 Å². The van der Waals surface area contributed by atoms with Crippen molar-refractivity contribution < 1.29 is 25.9 Å². The lowest BCUT2D eigenvalue weighted by atomic mass is 10.3. The molecule has 1 aromatic rings. The Morgan fingerprint density at radius 3 is 2.14 bits per heavy atom. The van der Waals surface area contributed by atoms with Crippen molar-refractivity contribution >= 4 is 20.3 Å². The van der Waals surface area contributed by atoms with Gasteiger partial charge >= 0.3 is 10.3 Å². The molecule has 0 aliphatic carbocycles. The second-order valence-corrected chi connectivity index (χ2v) is 7.19. The highest BCUT2D eigenvalue weighted by Crippen LogP contribution is 2.22. The molecule has 0 saturated carbocycles. The molecule has 8 nitrogen and oxygen atoms in total. The van der Waals surface area contributed by atoms with Crippen LogP contribution in [-0.4, -0.2) is 34.5 Å². The minimum absolute atomic E-state index is 0.159. The van der Waals surface area contributed by atoms with Crippen LogP contribution in [0.15, 0.2) is 41.3 Å². The van der Waals surface area contributed by atoms with Crippen LogP contribution in [-0.2, 0) is 24.6 Å². The highest BCUT2D eigenvalue weighted by Gasteiger charge is 2.32. The number of sulfonamides is 1. The number of rotatable bonds is 7. The van der Waals surface area contributed by atoms with E-state index in [1.165, 1.54) is 44.4 Å². The summed E-state index contributed by atoms with van der Waals surface area (Å²) >= 11 is 0. The van der Waals surface area contributed by atoms with E-state index in [-0.39, 0.29) is 4.90 Å². The summed E-state index contributed by atoms with van der Waals surface area (Å²) in [7, 11) is -7.30. The van der Waals surface area contributed by atoms with E-state index in [9.17, 15) is 16.8 Å². The molecule has 124 valence electrons. The molecule has 0 spiro atoms. The topological polar surface area (TPSA) is 116 Å². The number of benzene rings is 1. The summed E-state index contributed by atoms with van der Waals surface area (Å²) in [4.78, 5) is -0.159. The lowest BCUT2D eigenvalue weighted by Gasteiger charge is -2.23. The molecule has 0 unspecified atom stereocenters. The lowest BCUT2D eigenvalue weighted by molar-refractivity contribution is 0.0252. The number of nitrogens with zero attached hydrogens (tertiary/aromatic N) is 1. The first-order valence-electron chi connectivity index (χ1n) is 6.15. The molecule has 0 aliphatic rings. The summed E-state index contributed by atoms with van der Waals surface area (Å²) in [5, 5.41) is 4.79. The highest BCUT2D eigenvalue weighted by molar-refractivity contribution is 7.90. The van der Waals surface area contributed by atoms with Crippen molar-refractivity contribution in [2.75, 3.05) is 7.11 Å². The first-order chi connectivity index (χ1) is 10.1. The van der Waals surface area contributed by atoms with Crippen molar-refractivity contribution in [3.05, 3.63) is 36.4 Å². The zero-order chi connectivity index (χ0) is 17.0. The Bertz CT molecular complexity index is 725. The Morgan fingerprint density at radius 2 is 1.73 bits per heavy atom. The first-order valence-corrected chi connectivity index (χ1v) is 9.06. The van der Waals surface area contributed by atoms with Gasteiger partial charge in [-0.2, -0.15) is 8.42 Å². The molecule has 0 heterocycles. The number of methoxy groups -OCH3 is 1. The number of hydroxylamine groups is 1. The second-order valence-electron chi connectivity index (χ2n) is 4.27. The first kappa shape index (κ1) is 18.6. The van der Waals surface area contributed by atoms with Gasteiger partial charge in [0.25, 0.3) is 10.0 Å². The fraction of sp³-hybridized carbons (Fsp3) is 0.333. The molecule has 1 atom stereocenters. The summed E-state index contributed by atoms with van der Waals surface area (Å²) in [5.74, 6) is 0.458. The van der Waals surface area contributed by atoms with Crippen LogP contribution in [0.3, 0.4) is 0 Å². The highest BCUT2D eigenvalue weighted by atomic mass is 32.2. The molecule has 0 radical (unpaired) electrons. The number of allylic oxidation sites excluding steroid dienone is 1. The quantitative estimate of drug-likeness (QED) is 0.574. The van der Waals surface area contributed by atoms with Crippen LogP contribution in [0.5, 0.6) is 5.75 Å². The third-order valence-corrected chi connectivity index (χ3v) is 4.79. The standard InChI is InChI=1S/C12H18N2O6S2/c1-4-5-10(2)14(20-22(13,17)18)21(15,16)12-8-6-11(19-3)7-9-12/h4-10H,1-3H3,(H2,13,17,18)/b5-4+/t10-/m0/s1. The number of hydrogen-bond donors (Lipinski definition) is 1. The Labute approximate surface area is 130 Å². The van der Waals surface area contributed by atoms with E-state index in [2.05, 4.69) is 4.28 Å². The van der Waals surface area contributed by atoms with Crippen LogP contribution in [0.25, 0.3) is 0 Å². The number of hydrogen-bond acceptors (Lipinski definition) is 6. The fourth-order valence-corrected chi connectivity index (χ4v) is 3.74. The Hall–Kier alpha value is -1.46. The molecule has 0 fully saturated rings. The van der Waals surface area contributed by atoms with Gasteiger partial charge in [0, 0.05) is 0 Å². The molecule has 2 N–H and O–H groups in total. The van der Waals surface area contributed by atoms with Crippen molar-refractivity contribution in [1.29, 1.82) is 0 Å². The SMILES string of the molecule is C/C=C/[C@H](C)N(OS(N)(=O)=O)S(=O)(=O)c1ccc(OC)cc1. The maximum absolute atomic E-state index is 12.5. The normalized spacial score (nSPS) is 14.4. The molecule has 10 heteroatoms. The van der Waals surface area contributed by atoms with Crippen molar-refractivity contribution in [3.63, 3.8) is 0 Å². The molecule has 22 heavy (non-hydrogen) atoms. The molecule has 0 bridgehead atoms. The van der Waals surface area contributed by atoms with Gasteiger partial charge in [0.1, 0.15) is 5.75 Å². The van der Waals surface area contributed by atoms with Gasteiger partial charge in [-0.05, 0) is 38.1 Å². The van der Waals surface area contributed by atoms with Crippen molar-refractivity contribution in [1.82, 2.24) is 4.47 Å². The molecular weight excluding hydrogens is 332 g/mol. The largest absolute Gasteiger partial charge is 0.497 e. The Kier molecular flexibility index (Phi) is 6.08. The van der Waals surface area contributed by atoms with Crippen LogP contribution >= 0.6 is 0 Å². The molecule has 1 aromatic carbocycles. The van der Waals surface area contributed by atoms with Gasteiger partial charge in [0.2, 0.25) is 0 Å². The lowest BCUT2D eigenvalue weighted by Crippen LogP contribution is -2.41. The minimum atomic E-state index is -4.50. The van der Waals surface area contributed by atoms with E-state index in [0.717, 1.165) is 0 Å². The van der Waals surface area contributed by atoms with Gasteiger partial charge in [0.15, 0.2) is 0 Å². The third kappa shape index (κ3) is 4.78. The summed E-state index contributed by atoms with van der Waals surface area (Å²) in [6.07, 6.45) is 3.01. The molecular formula is C12H18N2O6S2. The second kappa shape index (κ2) is 7.20. The van der Waals surface area contributed by atoms with Crippen molar-refractivity contribution in [3.8, 4) is 5.75 Å². The molecule has 1 rings (SSSR count). The summed E-state index contributed by atoms with van der Waals surface area (Å²) in [5.41, 5.74) is 0. The van der Waals surface area contributed by atoms with Gasteiger partial charge in [-0.15, -0.1) is 4.28 Å². The van der Waals surface area contributed by atoms with E-state index in [1.54, 1.807) is 13.0 Å². The Morgan fingerprint density at radius 1 is 1.18 bits per heavy atom. The zero-order valence-corrected chi connectivity index (χ0v) is 14.0. The molecule has 0 amide bonds. The van der Waals surface area contributed by atoms with Gasteiger partial charge in [0.05, 0.1) is 18.0 Å². The fourth-order valence-electron chi connectivity index (χ4n) is 1.63. The van der Waals surface area contributed by atoms with E-state index in [1.807, 2.05) is 0 Å². The van der Waals surface area contributed by atoms with Gasteiger partial charge < -0.3 is 4.74 Å². The van der Waals surface area contributed by atoms with Crippen LogP contribution in [0, 0.1) is 0 Å². The van der Waals surface area contributed by atoms with Crippen LogP contribution in [0.4, 0.5) is 0 Å². The smallest absolute Gasteiger partial charge is 0.350 e. The summed E-state index contributed by atoms with van der Waals surface area (Å²) in [6.45, 7) is 3.11. The maximum Gasteiger partial charge on any atom is 0.350 e. The third-order valence-electron chi connectivity index (χ3n) is 2.58. The molecule has 0 aromatic heterocycles. The monoisotopic (exact) mass is 350 g/mol. The predicted octanol–water partition coefficient (Wildman–Crippen LogP) is 0.786. The predicted molar refractivity (Wildman–Crippen MR) is 80.5 cm³/mol. The maximum atomic E-state index is 12.5. The van der Waals surface area contributed by atoms with E-state index in [0.29, 0.717) is 10.2 Å². The van der Waals surface area contributed by atoms with Gasteiger partial charge in [-0.1, -0.05) is 16.6 Å². The van der Waals surface area contributed by atoms with Gasteiger partial charge in [-0.3, -0.25) is 0 Å². The van der Waals surface area contributed by atoms with E-state index < -0.39 is 26.4 Å². The Balaban J connectivity index is 3.30. The minimum Gasteiger partial charge on any atom is -0.497 e. The van der Waals surface area contributed by atoms with E-state index >= 15 is 0 Å².